The van der Waals surface area contributed by atoms with Gasteiger partial charge in [-0.1, -0.05) is 0 Å². The molecule has 0 aromatic heterocycles. The number of sulfone groups is 1. The van der Waals surface area contributed by atoms with E-state index in [-0.39, 0.29) is 35.6 Å². The highest BCUT2D eigenvalue weighted by molar-refractivity contribution is 7.91. The number of ether oxygens (including phenoxy) is 1. The molecule has 2 aliphatic rings. The molecule has 2 fully saturated rings. The van der Waals surface area contributed by atoms with Crippen LogP contribution in [-0.4, -0.2) is 88.6 Å². The first-order valence-electron chi connectivity index (χ1n) is 7.23. The van der Waals surface area contributed by atoms with Gasteiger partial charge in [0, 0.05) is 32.6 Å². The Kier molecular flexibility index (Phi) is 5.46. The summed E-state index contributed by atoms with van der Waals surface area (Å²) in [5.74, 6) is -0.540. The van der Waals surface area contributed by atoms with E-state index in [1.807, 2.05) is 0 Å². The van der Waals surface area contributed by atoms with Gasteiger partial charge in [0.25, 0.3) is 0 Å². The summed E-state index contributed by atoms with van der Waals surface area (Å²) in [5.41, 5.74) is 0. The van der Waals surface area contributed by atoms with E-state index in [0.29, 0.717) is 32.7 Å². The fraction of sp³-hybridized carbons (Fsp3) is 0.917. The molecule has 0 N–H and O–H groups in total. The van der Waals surface area contributed by atoms with Gasteiger partial charge in [-0.15, -0.1) is 0 Å². The Hall–Kier alpha value is -0.710. The smallest absolute Gasteiger partial charge is 0.223 e. The average molecular weight is 354 g/mol. The molecule has 0 radical (unpaired) electrons. The summed E-state index contributed by atoms with van der Waals surface area (Å²) in [5, 5.41) is 0. The Balaban J connectivity index is 1.86. The second-order valence-electron chi connectivity index (χ2n) is 5.64. The van der Waals surface area contributed by atoms with Crippen molar-refractivity contribution in [3.8, 4) is 0 Å². The molecule has 8 nitrogen and oxygen atoms in total. The number of hydrogen-bond donors (Lipinski definition) is 0. The molecule has 128 valence electrons. The summed E-state index contributed by atoms with van der Waals surface area (Å²) < 4.78 is 53.6. The van der Waals surface area contributed by atoms with Crippen LogP contribution in [0.3, 0.4) is 0 Å². The molecular weight excluding hydrogens is 332 g/mol. The van der Waals surface area contributed by atoms with E-state index < -0.39 is 19.9 Å². The third-order valence-corrected chi connectivity index (χ3v) is 7.71. The monoisotopic (exact) mass is 354 g/mol. The van der Waals surface area contributed by atoms with Crippen LogP contribution in [0.1, 0.15) is 12.8 Å². The molecule has 2 saturated heterocycles. The van der Waals surface area contributed by atoms with Crippen LogP contribution in [0.4, 0.5) is 0 Å². The van der Waals surface area contributed by atoms with Gasteiger partial charge >= 0.3 is 0 Å². The lowest BCUT2D eigenvalue weighted by Gasteiger charge is -2.27. The van der Waals surface area contributed by atoms with Crippen LogP contribution < -0.4 is 0 Å². The summed E-state index contributed by atoms with van der Waals surface area (Å²) in [6.45, 7) is 1.36. The van der Waals surface area contributed by atoms with Crippen LogP contribution in [-0.2, 0) is 29.4 Å². The van der Waals surface area contributed by atoms with Gasteiger partial charge in [0.2, 0.25) is 15.9 Å². The van der Waals surface area contributed by atoms with E-state index in [1.54, 1.807) is 0 Å². The largest absolute Gasteiger partial charge is 0.379 e. The van der Waals surface area contributed by atoms with E-state index >= 15 is 0 Å². The number of nitrogens with zero attached hydrogens (tertiary/aromatic N) is 2. The molecule has 0 bridgehead atoms. The number of amides is 1. The second-order valence-corrected chi connectivity index (χ2v) is 9.96. The van der Waals surface area contributed by atoms with Crippen molar-refractivity contribution in [2.24, 2.45) is 0 Å². The van der Waals surface area contributed by atoms with Crippen LogP contribution in [0.2, 0.25) is 0 Å². The Bertz CT molecular complexity index is 610. The van der Waals surface area contributed by atoms with Crippen molar-refractivity contribution in [1.82, 2.24) is 9.21 Å². The molecule has 0 aromatic carbocycles. The van der Waals surface area contributed by atoms with Gasteiger partial charge < -0.3 is 9.64 Å². The third-order valence-electron chi connectivity index (χ3n) is 4.09. The van der Waals surface area contributed by atoms with Gasteiger partial charge in [-0.2, -0.15) is 4.31 Å². The first kappa shape index (κ1) is 17.6. The molecule has 1 unspecified atom stereocenters. The first-order chi connectivity index (χ1) is 10.2. The van der Waals surface area contributed by atoms with Crippen LogP contribution in [0.25, 0.3) is 0 Å². The van der Waals surface area contributed by atoms with Gasteiger partial charge in [0.15, 0.2) is 9.84 Å². The molecule has 2 aliphatic heterocycles. The number of hydrogen-bond acceptors (Lipinski definition) is 6. The zero-order valence-corrected chi connectivity index (χ0v) is 14.2. The fourth-order valence-electron chi connectivity index (χ4n) is 2.63. The normalized spacial score (nSPS) is 26.0. The number of carbonyl (C=O) groups is 1. The van der Waals surface area contributed by atoms with Gasteiger partial charge in [-0.05, 0) is 6.42 Å². The maximum Gasteiger partial charge on any atom is 0.223 e. The molecule has 0 aromatic rings. The van der Waals surface area contributed by atoms with E-state index in [1.165, 1.54) is 16.3 Å². The van der Waals surface area contributed by atoms with E-state index in [0.717, 1.165) is 0 Å². The van der Waals surface area contributed by atoms with Gasteiger partial charge in [0.1, 0.15) is 0 Å². The number of rotatable bonds is 5. The molecule has 0 spiro atoms. The number of sulfonamides is 1. The highest BCUT2D eigenvalue weighted by atomic mass is 32.2. The summed E-state index contributed by atoms with van der Waals surface area (Å²) >= 11 is 0. The van der Waals surface area contributed by atoms with Gasteiger partial charge in [0.05, 0.1) is 30.5 Å². The molecule has 1 amide bonds. The van der Waals surface area contributed by atoms with Crippen LogP contribution in [0.5, 0.6) is 0 Å². The van der Waals surface area contributed by atoms with Gasteiger partial charge in [-0.25, -0.2) is 16.8 Å². The quantitative estimate of drug-likeness (QED) is 0.607. The predicted molar refractivity (Wildman–Crippen MR) is 80.6 cm³/mol. The molecule has 2 heterocycles. The maximum atomic E-state index is 12.1. The Morgan fingerprint density at radius 2 is 1.95 bits per heavy atom. The second kappa shape index (κ2) is 6.81. The van der Waals surface area contributed by atoms with Gasteiger partial charge in [-0.3, -0.25) is 4.79 Å². The zero-order valence-electron chi connectivity index (χ0n) is 12.6. The molecule has 0 saturated carbocycles. The Labute approximate surface area is 131 Å². The molecule has 1 atom stereocenters. The summed E-state index contributed by atoms with van der Waals surface area (Å²) in [4.78, 5) is 13.5. The zero-order chi connectivity index (χ0) is 16.4. The SMILES string of the molecule is CN(C(=O)CCS(=O)(=O)N1CCOCC1)C1CCS(=O)(=O)C1. The lowest BCUT2D eigenvalue weighted by Crippen LogP contribution is -2.43. The Morgan fingerprint density at radius 3 is 2.50 bits per heavy atom. The first-order valence-corrected chi connectivity index (χ1v) is 10.7. The van der Waals surface area contributed by atoms with Crippen LogP contribution in [0.15, 0.2) is 0 Å². The summed E-state index contributed by atoms with van der Waals surface area (Å²) in [6, 6.07) is -0.344. The highest BCUT2D eigenvalue weighted by Crippen LogP contribution is 2.17. The number of morpholine rings is 1. The van der Waals surface area contributed by atoms with Crippen molar-refractivity contribution in [3.05, 3.63) is 0 Å². The van der Waals surface area contributed by atoms with Crippen molar-refractivity contribution in [3.63, 3.8) is 0 Å². The topological polar surface area (TPSA) is 101 Å². The van der Waals surface area contributed by atoms with E-state index in [9.17, 15) is 21.6 Å². The van der Waals surface area contributed by atoms with Crippen LogP contribution in [0, 0.1) is 0 Å². The van der Waals surface area contributed by atoms with Crippen molar-refractivity contribution in [2.75, 3.05) is 50.6 Å². The minimum atomic E-state index is -3.47. The minimum Gasteiger partial charge on any atom is -0.379 e. The lowest BCUT2D eigenvalue weighted by molar-refractivity contribution is -0.131. The minimum absolute atomic E-state index is 0.0363. The van der Waals surface area contributed by atoms with E-state index in [4.69, 9.17) is 4.74 Å². The van der Waals surface area contributed by atoms with Crippen LogP contribution >= 0.6 is 0 Å². The molecular formula is C12H22N2O6S2. The average Bonchev–Trinajstić information content (AvgIpc) is 2.85. The summed E-state index contributed by atoms with van der Waals surface area (Å²) in [6.07, 6.45) is 0.285. The van der Waals surface area contributed by atoms with Crippen molar-refractivity contribution < 1.29 is 26.4 Å². The molecule has 10 heteroatoms. The maximum absolute atomic E-state index is 12.1. The molecule has 0 aliphatic carbocycles. The van der Waals surface area contributed by atoms with Crippen molar-refractivity contribution >= 4 is 25.8 Å². The van der Waals surface area contributed by atoms with E-state index in [2.05, 4.69) is 0 Å². The highest BCUT2D eigenvalue weighted by Gasteiger charge is 2.33. The van der Waals surface area contributed by atoms with Crippen molar-refractivity contribution in [2.45, 2.75) is 18.9 Å². The fourth-order valence-corrected chi connectivity index (χ4v) is 5.80. The Morgan fingerprint density at radius 1 is 1.32 bits per heavy atom. The summed E-state index contributed by atoms with van der Waals surface area (Å²) in [7, 11) is -5.00. The molecule has 2 rings (SSSR count). The molecule has 22 heavy (non-hydrogen) atoms. The predicted octanol–water partition coefficient (Wildman–Crippen LogP) is -1.32. The third kappa shape index (κ3) is 4.40. The standard InChI is InChI=1S/C12H22N2O6S2/c1-13(11-2-8-21(16,17)10-11)12(15)3-9-22(18,19)14-4-6-20-7-5-14/h11H,2-10H2,1H3. The number of carbonyl (C=O) groups excluding carboxylic acids is 1. The van der Waals surface area contributed by atoms with Crippen molar-refractivity contribution in [1.29, 1.82) is 0 Å². The lowest BCUT2D eigenvalue weighted by atomic mass is 10.2.